The standard InChI is InChI=1S/C22H28N4O6S2.C22H29N3O7S2.2C8H6O2S.C8H6OS/c23-14(21(29)30)6-7-19(27)24-16-12-34-13-10-17(18-5-3-9-33-18)26(11-13)8-2-1-4-15(22(31)32)25-20(16)28;1-2-3-5-14(22(30)31)25-20(27)15(24-18(26)9-7-13(23)21(28)29)12-33-19-10-8-17(34-19)16-6-4-11-32-16;1-2-5(9-3-1)7-4-6-8(10-6)11-7;9-5-1-3-7(10)8-4-2-6-11-8;1-3-7(9-5-1)8-4-2-6-10-8/h3,5,9-11,14-16H,1-2,4,6-8,12,23H2,(H,24,27)(H,25,28)(H,29,30)(H,31,32);4,6,8,10-11,13-15H,2-3,5,7,9,12,23H2,1H3,(H,24,26)(H,25,27)(H,28,29)(H,30,31);1-4,6,8H;1-6H;1-6H/b;;;3-1-;. The molecule has 0 aromatic carbocycles. The van der Waals surface area contributed by atoms with Crippen LogP contribution in [0.1, 0.15) is 86.6 Å². The van der Waals surface area contributed by atoms with Crippen LogP contribution in [-0.2, 0) is 54.4 Å². The van der Waals surface area contributed by atoms with E-state index in [-0.39, 0.29) is 55.8 Å². The first-order chi connectivity index (χ1) is 48.2. The summed E-state index contributed by atoms with van der Waals surface area (Å²) < 4.78 is 24.1. The normalized spacial score (nSPS) is 17.3. The fraction of sp³-hybridized carbons (Fsp3) is 0.324. The number of amides is 4. The van der Waals surface area contributed by atoms with Crippen molar-refractivity contribution in [3.63, 3.8) is 0 Å². The number of rotatable bonds is 27. The highest BCUT2D eigenvalue weighted by molar-refractivity contribution is 8.09. The van der Waals surface area contributed by atoms with E-state index in [1.54, 1.807) is 71.4 Å². The number of carboxylic acids is 4. The molecule has 0 radical (unpaired) electrons. The van der Waals surface area contributed by atoms with Crippen LogP contribution in [0.5, 0.6) is 0 Å². The van der Waals surface area contributed by atoms with Crippen LogP contribution in [-0.4, -0.2) is 144 Å². The van der Waals surface area contributed by atoms with Gasteiger partial charge in [0.15, 0.2) is 5.78 Å². The van der Waals surface area contributed by atoms with E-state index < -0.39 is 83.8 Å². The molecule has 0 saturated carbocycles. The van der Waals surface area contributed by atoms with Gasteiger partial charge in [-0.05, 0) is 146 Å². The van der Waals surface area contributed by atoms with Gasteiger partial charge in [-0.15, -0.1) is 68.9 Å². The van der Waals surface area contributed by atoms with E-state index in [9.17, 15) is 58.2 Å². The number of aromatic nitrogens is 1. The Bertz CT molecular complexity index is 3910. The van der Waals surface area contributed by atoms with Gasteiger partial charge in [-0.2, -0.15) is 0 Å². The number of furan rings is 3. The average molecular weight is 1500 g/mol. The second kappa shape index (κ2) is 41.2. The van der Waals surface area contributed by atoms with E-state index in [1.807, 2.05) is 102 Å². The Morgan fingerprint density at radius 2 is 1.37 bits per heavy atom. The number of aldehydes is 1. The Morgan fingerprint density at radius 1 is 0.730 bits per heavy atom. The third-order valence-corrected chi connectivity index (χ3v) is 21.8. The van der Waals surface area contributed by atoms with Crippen LogP contribution in [0.3, 0.4) is 0 Å². The van der Waals surface area contributed by atoms with E-state index in [0.717, 1.165) is 61.2 Å². The number of hydrogen-bond acceptors (Lipinski definition) is 23. The average Bonchev–Trinajstić information content (AvgIpc) is 1.63. The van der Waals surface area contributed by atoms with E-state index in [1.165, 1.54) is 68.1 Å². The predicted molar refractivity (Wildman–Crippen MR) is 386 cm³/mol. The third kappa shape index (κ3) is 26.2. The van der Waals surface area contributed by atoms with E-state index in [4.69, 9.17) is 39.7 Å². The molecule has 8 aromatic heterocycles. The van der Waals surface area contributed by atoms with Gasteiger partial charge in [0.2, 0.25) is 23.6 Å². The summed E-state index contributed by atoms with van der Waals surface area (Å²) in [5.74, 6) is -4.12. The van der Waals surface area contributed by atoms with Crippen LogP contribution in [0.4, 0.5) is 0 Å². The van der Waals surface area contributed by atoms with Gasteiger partial charge in [0.1, 0.15) is 71.4 Å². The maximum atomic E-state index is 12.9. The summed E-state index contributed by atoms with van der Waals surface area (Å²) in [7, 11) is 0. The SMILES string of the molecule is C1=C(c2ccco2)SC2OC12.CCCCC(NC(=O)C(CSc1ccc(-c2ccco2)s1)NC(=O)CCC(N)C(=O)O)C(=O)O.NC(CCC(=O)NC1CSc2cc(-c3cccs3)n(c2)CCCCC(C(=O)O)NC1=O)C(=O)O.O=C/C=C\C(=O)c1cccs1.c1coc(-c2cccs2)c1. The van der Waals surface area contributed by atoms with Gasteiger partial charge in [0.05, 0.1) is 53.1 Å². The molecule has 12 N–H and O–H groups in total. The molecule has 3 aliphatic heterocycles. The van der Waals surface area contributed by atoms with Gasteiger partial charge in [0.25, 0.3) is 0 Å². The molecule has 0 spiro atoms. The number of thioether (sulfide) groups is 3. The summed E-state index contributed by atoms with van der Waals surface area (Å²) >= 11 is 10.6. The second-order valence-corrected chi connectivity index (χ2v) is 29.5. The number of epoxide rings is 1. The fourth-order valence-electron chi connectivity index (χ4n) is 9.15. The summed E-state index contributed by atoms with van der Waals surface area (Å²) in [6, 6.07) is 22.3. The van der Waals surface area contributed by atoms with Crippen LogP contribution in [0, 0.1) is 0 Å². The number of ketones is 1. The van der Waals surface area contributed by atoms with E-state index in [2.05, 4.69) is 31.9 Å². The number of carboxylic acid groups (broad SMARTS) is 4. The highest BCUT2D eigenvalue weighted by atomic mass is 32.2. The monoisotopic (exact) mass is 1500 g/mol. The minimum absolute atomic E-state index is 0.0760. The Kier molecular flexibility index (Phi) is 32.5. The number of aryl methyl sites for hydroxylation is 1. The summed E-state index contributed by atoms with van der Waals surface area (Å²) in [5, 5.41) is 52.9. The first-order valence-electron chi connectivity index (χ1n) is 31.3. The lowest BCUT2D eigenvalue weighted by atomic mass is 10.1. The molecule has 32 heteroatoms. The number of aliphatic carboxylic acids is 4. The Labute approximate surface area is 603 Å². The third-order valence-electron chi connectivity index (χ3n) is 14.5. The molecule has 11 rings (SSSR count). The molecule has 2 bridgehead atoms. The number of nitrogens with zero attached hydrogens (tertiary/aromatic N) is 1. The number of fused-ring (bicyclic) bond motifs is 3. The van der Waals surface area contributed by atoms with Gasteiger partial charge in [-0.25, -0.2) is 9.59 Å². The van der Waals surface area contributed by atoms with Crippen molar-refractivity contribution in [1.82, 2.24) is 25.8 Å². The van der Waals surface area contributed by atoms with E-state index in [0.29, 0.717) is 35.5 Å². The number of ether oxygens (including phenoxy) is 1. The molecule has 1 fully saturated rings. The lowest BCUT2D eigenvalue weighted by Crippen LogP contribution is -2.52. The van der Waals surface area contributed by atoms with Gasteiger partial charge < -0.3 is 75.7 Å². The second-order valence-electron chi connectivity index (χ2n) is 22.0. The molecule has 8 unspecified atom stereocenters. The minimum atomic E-state index is -1.22. The van der Waals surface area contributed by atoms with Crippen LogP contribution in [0.25, 0.3) is 36.8 Å². The number of carbonyl (C=O) groups is 10. The van der Waals surface area contributed by atoms with Crippen molar-refractivity contribution in [3.8, 4) is 31.8 Å². The zero-order chi connectivity index (χ0) is 71.9. The molecule has 25 nitrogen and oxygen atoms in total. The molecular formula is C68H75N7O18S7. The van der Waals surface area contributed by atoms with E-state index >= 15 is 0 Å². The number of nitrogens with two attached hydrogens (primary N) is 2. The molecule has 100 heavy (non-hydrogen) atoms. The lowest BCUT2D eigenvalue weighted by Gasteiger charge is -2.21. The topological polar surface area (TPSA) is 409 Å². The largest absolute Gasteiger partial charge is 0.480 e. The number of carbonyl (C=O) groups excluding carboxylic acids is 6. The van der Waals surface area contributed by atoms with Crippen LogP contribution in [0.15, 0.2) is 173 Å². The summed E-state index contributed by atoms with van der Waals surface area (Å²) in [6.45, 7) is 2.64. The van der Waals surface area contributed by atoms with Crippen LogP contribution in [0.2, 0.25) is 0 Å². The zero-order valence-electron chi connectivity index (χ0n) is 53.8. The Hall–Kier alpha value is -8.57. The summed E-state index contributed by atoms with van der Waals surface area (Å²) in [5.41, 5.74) is 12.3. The van der Waals surface area contributed by atoms with Crippen LogP contribution >= 0.6 is 80.6 Å². The highest BCUT2D eigenvalue weighted by Gasteiger charge is 2.44. The lowest BCUT2D eigenvalue weighted by molar-refractivity contribution is -0.142. The number of nitrogens with one attached hydrogen (secondary N) is 4. The van der Waals surface area contributed by atoms with Gasteiger partial charge in [-0.3, -0.25) is 38.4 Å². The van der Waals surface area contributed by atoms with Gasteiger partial charge in [-0.1, -0.05) is 49.7 Å². The number of hydrogen-bond donors (Lipinski definition) is 10. The zero-order valence-corrected chi connectivity index (χ0v) is 59.5. The quantitative estimate of drug-likeness (QED) is 0.00751. The fourth-order valence-corrected chi connectivity index (χ4v) is 15.5. The smallest absolute Gasteiger partial charge is 0.326 e. The minimum Gasteiger partial charge on any atom is -0.480 e. The molecular weight excluding hydrogens is 1430 g/mol. The molecule has 4 amide bonds. The first kappa shape index (κ1) is 78.8. The Morgan fingerprint density at radius 3 is 1.94 bits per heavy atom. The van der Waals surface area contributed by atoms with Gasteiger partial charge >= 0.3 is 23.9 Å². The number of thiophene rings is 4. The predicted octanol–water partition coefficient (Wildman–Crippen LogP) is 11.1. The Balaban J connectivity index is 0.000000194. The van der Waals surface area contributed by atoms with Crippen molar-refractivity contribution >= 4 is 145 Å². The molecule has 0 aliphatic carbocycles. The van der Waals surface area contributed by atoms with Gasteiger partial charge in [0, 0.05) is 42.0 Å². The van der Waals surface area contributed by atoms with Crippen molar-refractivity contribution in [1.29, 1.82) is 0 Å². The summed E-state index contributed by atoms with van der Waals surface area (Å²) in [6.07, 6.45) is 15.3. The maximum Gasteiger partial charge on any atom is 0.326 e. The summed E-state index contributed by atoms with van der Waals surface area (Å²) in [4.78, 5) is 122. The first-order valence-corrected chi connectivity index (χ1v) is 37.6. The van der Waals surface area contributed by atoms with Crippen molar-refractivity contribution in [2.75, 3.05) is 11.5 Å². The maximum absolute atomic E-state index is 12.9. The van der Waals surface area contributed by atoms with Crippen molar-refractivity contribution in [2.45, 2.75) is 135 Å². The molecule has 1 saturated heterocycles. The van der Waals surface area contributed by atoms with Crippen LogP contribution < -0.4 is 32.7 Å². The van der Waals surface area contributed by atoms with Crippen molar-refractivity contribution in [3.05, 3.63) is 161 Å². The highest BCUT2D eigenvalue weighted by Crippen LogP contribution is 2.50. The molecule has 11 heterocycles. The number of unbranched alkanes of at least 4 members (excludes halogenated alkanes) is 1. The molecule has 532 valence electrons. The van der Waals surface area contributed by atoms with Crippen molar-refractivity contribution < 1.29 is 86.4 Å². The molecule has 8 atom stereocenters. The number of allylic oxidation sites excluding steroid dienone is 2. The molecule has 8 aromatic rings. The van der Waals surface area contributed by atoms with Crippen molar-refractivity contribution in [2.24, 2.45) is 11.5 Å². The molecule has 3 aliphatic rings.